The van der Waals surface area contributed by atoms with E-state index >= 15 is 0 Å². The Bertz CT molecular complexity index is 195. The second kappa shape index (κ2) is 8.32. The van der Waals surface area contributed by atoms with Gasteiger partial charge in [0.15, 0.2) is 0 Å². The summed E-state index contributed by atoms with van der Waals surface area (Å²) >= 11 is 1.94. The van der Waals surface area contributed by atoms with Crippen LogP contribution in [0, 0.1) is 0 Å². The molecule has 4 nitrogen and oxygen atoms in total. The molecule has 0 aliphatic heterocycles. The molecule has 0 bridgehead atoms. The number of hydrogen-bond donors (Lipinski definition) is 2. The zero-order chi connectivity index (χ0) is 12.6. The van der Waals surface area contributed by atoms with Gasteiger partial charge in [-0.1, -0.05) is 6.42 Å². The highest BCUT2D eigenvalue weighted by molar-refractivity contribution is 8.00. The number of aliphatic hydroxyl groups is 1. The maximum atomic E-state index is 9.67. The first-order valence-electron chi connectivity index (χ1n) is 6.23. The largest absolute Gasteiger partial charge is 0.389 e. The first-order valence-corrected chi connectivity index (χ1v) is 7.45. The van der Waals surface area contributed by atoms with Gasteiger partial charge in [-0.15, -0.1) is 0 Å². The molecule has 1 saturated carbocycles. The van der Waals surface area contributed by atoms with E-state index in [1.54, 1.807) is 7.11 Å². The van der Waals surface area contributed by atoms with Gasteiger partial charge in [-0.2, -0.15) is 11.8 Å². The van der Waals surface area contributed by atoms with Gasteiger partial charge in [0.1, 0.15) is 0 Å². The zero-order valence-corrected chi connectivity index (χ0v) is 11.7. The molecular weight excluding hydrogens is 238 g/mol. The molecule has 0 spiro atoms. The predicted molar refractivity (Wildman–Crippen MR) is 71.7 cm³/mol. The van der Waals surface area contributed by atoms with E-state index in [1.165, 1.54) is 19.3 Å². The summed E-state index contributed by atoms with van der Waals surface area (Å²) < 4.78 is 10.6. The molecular formula is C12H25NO3S. The van der Waals surface area contributed by atoms with Crippen molar-refractivity contribution < 1.29 is 14.6 Å². The summed E-state index contributed by atoms with van der Waals surface area (Å²) in [5.74, 6) is 0. The fourth-order valence-corrected chi connectivity index (χ4v) is 2.85. The lowest BCUT2D eigenvalue weighted by atomic mass is 9.84. The third kappa shape index (κ3) is 5.57. The third-order valence-electron chi connectivity index (χ3n) is 3.27. The van der Waals surface area contributed by atoms with Crippen LogP contribution in [0.3, 0.4) is 0 Å². The maximum absolute atomic E-state index is 9.67. The Morgan fingerprint density at radius 1 is 1.41 bits per heavy atom. The molecule has 0 radical (unpaired) electrons. The van der Waals surface area contributed by atoms with Gasteiger partial charge in [0.2, 0.25) is 0 Å². The Kier molecular flexibility index (Phi) is 7.46. The SMILES string of the molecule is COCCOCC(O)CNCC1(SC)CCC1. The molecule has 1 unspecified atom stereocenters. The standard InChI is InChI=1S/C12H25NO3S/c1-15-6-7-16-9-11(14)8-13-10-12(17-2)4-3-5-12/h11,13-14H,3-10H2,1-2H3. The Morgan fingerprint density at radius 2 is 2.18 bits per heavy atom. The number of nitrogens with one attached hydrogen (secondary N) is 1. The first kappa shape index (κ1) is 15.2. The summed E-state index contributed by atoms with van der Waals surface area (Å²) in [5, 5.41) is 13.0. The van der Waals surface area contributed by atoms with Crippen LogP contribution in [0.25, 0.3) is 0 Å². The molecule has 1 fully saturated rings. The number of ether oxygens (including phenoxy) is 2. The number of aliphatic hydroxyl groups excluding tert-OH is 1. The van der Waals surface area contributed by atoms with E-state index in [0.717, 1.165) is 6.54 Å². The molecule has 1 aliphatic rings. The van der Waals surface area contributed by atoms with Crippen LogP contribution in [-0.4, -0.2) is 62.2 Å². The minimum Gasteiger partial charge on any atom is -0.389 e. The van der Waals surface area contributed by atoms with E-state index < -0.39 is 6.10 Å². The van der Waals surface area contributed by atoms with Gasteiger partial charge in [-0.3, -0.25) is 0 Å². The van der Waals surface area contributed by atoms with Crippen molar-refractivity contribution >= 4 is 11.8 Å². The van der Waals surface area contributed by atoms with Crippen molar-refractivity contribution in [3.63, 3.8) is 0 Å². The Labute approximate surface area is 108 Å². The summed E-state index contributed by atoms with van der Waals surface area (Å²) in [6.45, 7) is 3.10. The van der Waals surface area contributed by atoms with Gasteiger partial charge in [0, 0.05) is 24.9 Å². The average molecular weight is 263 g/mol. The lowest BCUT2D eigenvalue weighted by molar-refractivity contribution is 0.0135. The normalized spacial score (nSPS) is 19.9. The molecule has 0 aromatic carbocycles. The van der Waals surface area contributed by atoms with E-state index in [1.807, 2.05) is 11.8 Å². The molecule has 5 heteroatoms. The minimum absolute atomic E-state index is 0.378. The van der Waals surface area contributed by atoms with Crippen molar-refractivity contribution in [1.82, 2.24) is 5.32 Å². The third-order valence-corrected chi connectivity index (χ3v) is 4.69. The van der Waals surface area contributed by atoms with Gasteiger partial charge in [-0.05, 0) is 19.1 Å². The number of thioether (sulfide) groups is 1. The molecule has 0 amide bonds. The zero-order valence-electron chi connectivity index (χ0n) is 10.9. The molecule has 17 heavy (non-hydrogen) atoms. The maximum Gasteiger partial charge on any atom is 0.0897 e. The number of rotatable bonds is 10. The number of hydrogen-bond acceptors (Lipinski definition) is 5. The Hall–Kier alpha value is 0.190. The molecule has 0 saturated heterocycles. The predicted octanol–water partition coefficient (Wildman–Crippen LogP) is 0.886. The van der Waals surface area contributed by atoms with E-state index in [9.17, 15) is 5.11 Å². The summed E-state index contributed by atoms with van der Waals surface area (Å²) in [5.41, 5.74) is 0. The highest BCUT2D eigenvalue weighted by Crippen LogP contribution is 2.42. The van der Waals surface area contributed by atoms with E-state index in [0.29, 0.717) is 31.1 Å². The summed E-state index contributed by atoms with van der Waals surface area (Å²) in [7, 11) is 1.64. The lowest BCUT2D eigenvalue weighted by Crippen LogP contribution is -2.45. The van der Waals surface area contributed by atoms with Gasteiger partial charge >= 0.3 is 0 Å². The van der Waals surface area contributed by atoms with Crippen LogP contribution < -0.4 is 5.32 Å². The average Bonchev–Trinajstić information content (AvgIpc) is 2.28. The molecule has 2 N–H and O–H groups in total. The smallest absolute Gasteiger partial charge is 0.0897 e. The Balaban J connectivity index is 1.98. The van der Waals surface area contributed by atoms with Crippen molar-refractivity contribution in [2.75, 3.05) is 46.3 Å². The topological polar surface area (TPSA) is 50.7 Å². The van der Waals surface area contributed by atoms with Crippen LogP contribution in [0.4, 0.5) is 0 Å². The van der Waals surface area contributed by atoms with Gasteiger partial charge in [0.05, 0.1) is 25.9 Å². The molecule has 102 valence electrons. The fraction of sp³-hybridized carbons (Fsp3) is 1.00. The van der Waals surface area contributed by atoms with Crippen LogP contribution in [0.15, 0.2) is 0 Å². The van der Waals surface area contributed by atoms with Crippen LogP contribution >= 0.6 is 11.8 Å². The molecule has 0 aromatic rings. The molecule has 1 aliphatic carbocycles. The van der Waals surface area contributed by atoms with E-state index in [4.69, 9.17) is 9.47 Å². The van der Waals surface area contributed by atoms with Gasteiger partial charge in [0.25, 0.3) is 0 Å². The van der Waals surface area contributed by atoms with Crippen LogP contribution in [0.2, 0.25) is 0 Å². The van der Waals surface area contributed by atoms with Crippen molar-refractivity contribution in [2.45, 2.75) is 30.1 Å². The fourth-order valence-electron chi connectivity index (χ4n) is 1.91. The monoisotopic (exact) mass is 263 g/mol. The number of methoxy groups -OCH3 is 1. The highest BCUT2D eigenvalue weighted by atomic mass is 32.2. The first-order chi connectivity index (χ1) is 8.22. The summed E-state index contributed by atoms with van der Waals surface area (Å²) in [6.07, 6.45) is 5.67. The van der Waals surface area contributed by atoms with Crippen molar-refractivity contribution in [2.24, 2.45) is 0 Å². The second-order valence-corrected chi connectivity index (χ2v) is 5.87. The highest BCUT2D eigenvalue weighted by Gasteiger charge is 2.35. The summed E-state index contributed by atoms with van der Waals surface area (Å²) in [6, 6.07) is 0. The lowest BCUT2D eigenvalue weighted by Gasteiger charge is -2.40. The Morgan fingerprint density at radius 3 is 2.71 bits per heavy atom. The van der Waals surface area contributed by atoms with Crippen molar-refractivity contribution in [1.29, 1.82) is 0 Å². The van der Waals surface area contributed by atoms with Crippen LogP contribution in [-0.2, 0) is 9.47 Å². The van der Waals surface area contributed by atoms with Gasteiger partial charge < -0.3 is 19.9 Å². The summed E-state index contributed by atoms with van der Waals surface area (Å²) in [4.78, 5) is 0. The van der Waals surface area contributed by atoms with Gasteiger partial charge in [-0.25, -0.2) is 0 Å². The van der Waals surface area contributed by atoms with Crippen molar-refractivity contribution in [3.05, 3.63) is 0 Å². The van der Waals surface area contributed by atoms with Crippen LogP contribution in [0.1, 0.15) is 19.3 Å². The van der Waals surface area contributed by atoms with Crippen molar-refractivity contribution in [3.8, 4) is 0 Å². The molecule has 0 aromatic heterocycles. The second-order valence-electron chi connectivity index (χ2n) is 4.59. The quantitative estimate of drug-likeness (QED) is 0.573. The molecule has 1 atom stereocenters. The molecule has 1 rings (SSSR count). The van der Waals surface area contributed by atoms with Crippen LogP contribution in [0.5, 0.6) is 0 Å². The molecule has 0 heterocycles. The van der Waals surface area contributed by atoms with E-state index in [-0.39, 0.29) is 0 Å². The minimum atomic E-state index is -0.425. The van der Waals surface area contributed by atoms with E-state index in [2.05, 4.69) is 11.6 Å².